The molecule has 0 N–H and O–H groups in total. The summed E-state index contributed by atoms with van der Waals surface area (Å²) in [6.07, 6.45) is 10.9. The molecule has 1 spiro atoms. The molecule has 110 valence electrons. The van der Waals surface area contributed by atoms with Gasteiger partial charge in [-0.05, 0) is 43.4 Å². The second kappa shape index (κ2) is 6.09. The number of benzene rings is 1. The van der Waals surface area contributed by atoms with Crippen LogP contribution in [0.3, 0.4) is 0 Å². The summed E-state index contributed by atoms with van der Waals surface area (Å²) < 4.78 is 6.38. The lowest BCUT2D eigenvalue weighted by atomic mass is 9.61. The summed E-state index contributed by atoms with van der Waals surface area (Å²) in [7, 11) is 0. The maximum Gasteiger partial charge on any atom is 0.120 e. The first kappa shape index (κ1) is 14.4. The van der Waals surface area contributed by atoms with Gasteiger partial charge in [-0.1, -0.05) is 60.7 Å². The van der Waals surface area contributed by atoms with Crippen molar-refractivity contribution >= 4 is 15.9 Å². The van der Waals surface area contributed by atoms with Crippen molar-refractivity contribution in [3.8, 4) is 5.75 Å². The van der Waals surface area contributed by atoms with E-state index >= 15 is 0 Å². The summed E-state index contributed by atoms with van der Waals surface area (Å²) in [5.41, 5.74) is 1.77. The monoisotopic (exact) mass is 336 g/mol. The number of alkyl halides is 1. The molecular formula is C18H25BrO. The van der Waals surface area contributed by atoms with Crippen LogP contribution in [-0.4, -0.2) is 10.9 Å². The van der Waals surface area contributed by atoms with E-state index in [-0.39, 0.29) is 0 Å². The zero-order valence-corrected chi connectivity index (χ0v) is 14.0. The van der Waals surface area contributed by atoms with Gasteiger partial charge in [-0.25, -0.2) is 0 Å². The molecule has 1 aromatic rings. The van der Waals surface area contributed by atoms with Gasteiger partial charge < -0.3 is 4.74 Å². The van der Waals surface area contributed by atoms with Crippen LogP contribution >= 0.6 is 15.9 Å². The number of hydrogen-bond donors (Lipinski definition) is 0. The summed E-state index contributed by atoms with van der Waals surface area (Å²) in [6.45, 7) is 2.20. The van der Waals surface area contributed by atoms with Gasteiger partial charge in [0.15, 0.2) is 0 Å². The third kappa shape index (κ3) is 2.64. The van der Waals surface area contributed by atoms with E-state index in [1.807, 2.05) is 0 Å². The zero-order chi connectivity index (χ0) is 14.0. The van der Waals surface area contributed by atoms with Crippen LogP contribution in [0.5, 0.6) is 5.75 Å². The third-order valence-electron chi connectivity index (χ3n) is 5.31. The van der Waals surface area contributed by atoms with Crippen molar-refractivity contribution in [2.45, 2.75) is 69.2 Å². The lowest BCUT2D eigenvalue weighted by molar-refractivity contribution is -0.0462. The van der Waals surface area contributed by atoms with Crippen molar-refractivity contribution in [1.29, 1.82) is 0 Å². The van der Waals surface area contributed by atoms with Crippen LogP contribution in [0.2, 0.25) is 0 Å². The van der Waals surface area contributed by atoms with Gasteiger partial charge in [0.1, 0.15) is 11.9 Å². The standard InChI is InChI=1S/C18H25BrO/c1-2-14-8-7-9-15(12-14)20-17-13-16(19)18(17)10-5-3-4-6-11-18/h7-9,12,16-17H,2-6,10-11,13H2,1H3. The Morgan fingerprint density at radius 2 is 1.95 bits per heavy atom. The molecule has 0 heterocycles. The topological polar surface area (TPSA) is 9.23 Å². The SMILES string of the molecule is CCc1cccc(OC2CC(Br)C23CCCCCC3)c1. The second-order valence-electron chi connectivity index (χ2n) is 6.46. The van der Waals surface area contributed by atoms with Gasteiger partial charge in [0, 0.05) is 10.2 Å². The van der Waals surface area contributed by atoms with Crippen LogP contribution in [-0.2, 0) is 6.42 Å². The van der Waals surface area contributed by atoms with E-state index < -0.39 is 0 Å². The minimum Gasteiger partial charge on any atom is -0.490 e. The lowest BCUT2D eigenvalue weighted by Crippen LogP contribution is -2.56. The molecule has 1 nitrogen and oxygen atoms in total. The average Bonchev–Trinajstić information content (AvgIpc) is 2.75. The Kier molecular flexibility index (Phi) is 4.40. The quantitative estimate of drug-likeness (QED) is 0.661. The molecule has 2 atom stereocenters. The van der Waals surface area contributed by atoms with Crippen LogP contribution in [0, 0.1) is 5.41 Å². The molecule has 20 heavy (non-hydrogen) atoms. The Balaban J connectivity index is 1.73. The molecule has 1 aromatic carbocycles. The van der Waals surface area contributed by atoms with Crippen molar-refractivity contribution in [3.05, 3.63) is 29.8 Å². The van der Waals surface area contributed by atoms with E-state index in [9.17, 15) is 0 Å². The van der Waals surface area contributed by atoms with Gasteiger partial charge in [0.05, 0.1) is 0 Å². The van der Waals surface area contributed by atoms with Gasteiger partial charge in [0.25, 0.3) is 0 Å². The maximum absolute atomic E-state index is 6.38. The highest BCUT2D eigenvalue weighted by atomic mass is 79.9. The minimum absolute atomic E-state index is 0.402. The minimum atomic E-state index is 0.402. The summed E-state index contributed by atoms with van der Waals surface area (Å²) in [5.74, 6) is 1.07. The lowest BCUT2D eigenvalue weighted by Gasteiger charge is -2.53. The van der Waals surface area contributed by atoms with Crippen molar-refractivity contribution in [2.24, 2.45) is 5.41 Å². The molecule has 2 fully saturated rings. The Morgan fingerprint density at radius 3 is 2.60 bits per heavy atom. The molecule has 2 unspecified atom stereocenters. The Bertz CT molecular complexity index is 448. The van der Waals surface area contributed by atoms with E-state index in [4.69, 9.17) is 4.74 Å². The molecule has 0 amide bonds. The first-order valence-corrected chi connectivity index (χ1v) is 9.06. The van der Waals surface area contributed by atoms with Crippen molar-refractivity contribution in [1.82, 2.24) is 0 Å². The molecule has 0 radical (unpaired) electrons. The average molecular weight is 337 g/mol. The largest absolute Gasteiger partial charge is 0.490 e. The second-order valence-corrected chi connectivity index (χ2v) is 7.56. The Labute approximate surface area is 131 Å². The number of halogens is 1. The number of rotatable bonds is 3. The van der Waals surface area contributed by atoms with E-state index in [2.05, 4.69) is 47.1 Å². The highest BCUT2D eigenvalue weighted by Crippen LogP contribution is 2.55. The fourth-order valence-electron chi connectivity index (χ4n) is 3.89. The molecule has 0 aliphatic heterocycles. The molecule has 3 rings (SSSR count). The predicted octanol–water partition coefficient (Wildman–Crippen LogP) is 5.50. The molecule has 2 aliphatic rings. The van der Waals surface area contributed by atoms with E-state index in [1.165, 1.54) is 44.1 Å². The molecule has 0 saturated heterocycles. The van der Waals surface area contributed by atoms with Crippen LogP contribution in [0.25, 0.3) is 0 Å². The third-order valence-corrected chi connectivity index (χ3v) is 6.59. The molecule has 2 saturated carbocycles. The van der Waals surface area contributed by atoms with Crippen LogP contribution < -0.4 is 4.74 Å². The molecule has 0 bridgehead atoms. The van der Waals surface area contributed by atoms with E-state index in [0.717, 1.165) is 18.6 Å². The van der Waals surface area contributed by atoms with Crippen LogP contribution in [0.1, 0.15) is 57.4 Å². The van der Waals surface area contributed by atoms with Crippen molar-refractivity contribution in [2.75, 3.05) is 0 Å². The van der Waals surface area contributed by atoms with Gasteiger partial charge in [-0.2, -0.15) is 0 Å². The smallest absolute Gasteiger partial charge is 0.120 e. The molecular weight excluding hydrogens is 312 g/mol. The predicted molar refractivity (Wildman–Crippen MR) is 87.7 cm³/mol. The Hall–Kier alpha value is -0.500. The fraction of sp³-hybridized carbons (Fsp3) is 0.667. The van der Waals surface area contributed by atoms with E-state index in [1.54, 1.807) is 0 Å². The van der Waals surface area contributed by atoms with Crippen molar-refractivity contribution < 1.29 is 4.74 Å². The van der Waals surface area contributed by atoms with Gasteiger partial charge in [0.2, 0.25) is 0 Å². The summed E-state index contributed by atoms with van der Waals surface area (Å²) >= 11 is 3.92. The molecule has 2 aliphatic carbocycles. The van der Waals surface area contributed by atoms with Crippen LogP contribution in [0.15, 0.2) is 24.3 Å². The van der Waals surface area contributed by atoms with Gasteiger partial charge in [-0.15, -0.1) is 0 Å². The number of ether oxygens (including phenoxy) is 1. The number of hydrogen-bond acceptors (Lipinski definition) is 1. The Morgan fingerprint density at radius 1 is 1.20 bits per heavy atom. The maximum atomic E-state index is 6.38. The first-order valence-electron chi connectivity index (χ1n) is 8.14. The molecule has 2 heteroatoms. The summed E-state index contributed by atoms with van der Waals surface area (Å²) in [4.78, 5) is 0.660. The summed E-state index contributed by atoms with van der Waals surface area (Å²) in [5, 5.41) is 0. The molecule has 0 aromatic heterocycles. The fourth-order valence-corrected chi connectivity index (χ4v) is 4.98. The summed E-state index contributed by atoms with van der Waals surface area (Å²) in [6, 6.07) is 8.64. The van der Waals surface area contributed by atoms with Gasteiger partial charge in [-0.3, -0.25) is 0 Å². The van der Waals surface area contributed by atoms with Crippen molar-refractivity contribution in [3.63, 3.8) is 0 Å². The van der Waals surface area contributed by atoms with Gasteiger partial charge >= 0.3 is 0 Å². The van der Waals surface area contributed by atoms with Crippen LogP contribution in [0.4, 0.5) is 0 Å². The highest BCUT2D eigenvalue weighted by Gasteiger charge is 2.54. The zero-order valence-electron chi connectivity index (χ0n) is 12.4. The highest BCUT2D eigenvalue weighted by molar-refractivity contribution is 9.09. The normalized spacial score (nSPS) is 28.7. The first-order chi connectivity index (χ1) is 9.74. The van der Waals surface area contributed by atoms with E-state index in [0.29, 0.717) is 16.3 Å². The number of aryl methyl sites for hydroxylation is 1.